The smallest absolute Gasteiger partial charge is 0.260 e. The van der Waals surface area contributed by atoms with Gasteiger partial charge in [-0.25, -0.2) is 9.37 Å². The molecule has 2 heterocycles. The molecule has 0 aliphatic heterocycles. The molecule has 0 fully saturated rings. The SMILES string of the molecule is COc1n[nH]c2ncc(NC(=O)c3c(F)ccc(OCc4ccc(C)cc4)c3Cl)cc12. The molecule has 0 radical (unpaired) electrons. The number of pyridine rings is 1. The number of H-pyrrole nitrogens is 1. The zero-order valence-corrected chi connectivity index (χ0v) is 17.5. The topological polar surface area (TPSA) is 89.1 Å². The summed E-state index contributed by atoms with van der Waals surface area (Å²) in [6.07, 6.45) is 1.42. The first-order chi connectivity index (χ1) is 15.0. The number of aromatic amines is 1. The Kier molecular flexibility index (Phi) is 5.73. The molecule has 0 aliphatic rings. The fourth-order valence-electron chi connectivity index (χ4n) is 3.00. The van der Waals surface area contributed by atoms with Crippen molar-refractivity contribution in [3.63, 3.8) is 0 Å². The van der Waals surface area contributed by atoms with E-state index in [1.54, 1.807) is 6.07 Å². The van der Waals surface area contributed by atoms with Gasteiger partial charge in [-0.05, 0) is 30.7 Å². The first-order valence-corrected chi connectivity index (χ1v) is 9.70. The van der Waals surface area contributed by atoms with Crippen LogP contribution in [0.4, 0.5) is 10.1 Å². The molecule has 4 rings (SSSR count). The molecule has 0 aliphatic carbocycles. The van der Waals surface area contributed by atoms with E-state index in [9.17, 15) is 9.18 Å². The van der Waals surface area contributed by atoms with E-state index in [-0.39, 0.29) is 22.9 Å². The van der Waals surface area contributed by atoms with Gasteiger partial charge in [-0.15, -0.1) is 5.10 Å². The van der Waals surface area contributed by atoms with Crippen molar-refractivity contribution in [1.29, 1.82) is 0 Å². The number of rotatable bonds is 6. The highest BCUT2D eigenvalue weighted by Crippen LogP contribution is 2.32. The summed E-state index contributed by atoms with van der Waals surface area (Å²) >= 11 is 6.32. The standard InChI is InChI=1S/C22H18ClFN4O3/c1-12-3-5-13(6-4-12)11-31-17-8-7-16(24)18(19(17)23)21(29)26-14-9-15-20(25-10-14)27-28-22(15)30-2/h3-10H,11H2,1-2H3,(H,26,29)(H,25,27,28). The molecule has 2 aromatic heterocycles. The van der Waals surface area contributed by atoms with Crippen LogP contribution in [0.15, 0.2) is 48.7 Å². The number of amides is 1. The third kappa shape index (κ3) is 4.29. The van der Waals surface area contributed by atoms with Crippen LogP contribution in [0, 0.1) is 12.7 Å². The molecule has 0 spiro atoms. The van der Waals surface area contributed by atoms with Crippen LogP contribution < -0.4 is 14.8 Å². The minimum Gasteiger partial charge on any atom is -0.487 e. The maximum atomic E-state index is 14.5. The largest absolute Gasteiger partial charge is 0.487 e. The molecular formula is C22H18ClFN4O3. The second kappa shape index (κ2) is 8.61. The summed E-state index contributed by atoms with van der Waals surface area (Å²) in [5, 5.41) is 9.73. The number of aromatic nitrogens is 3. The third-order valence-corrected chi connectivity index (χ3v) is 5.01. The fraction of sp³-hybridized carbons (Fsp3) is 0.136. The van der Waals surface area contributed by atoms with Gasteiger partial charge in [-0.3, -0.25) is 9.89 Å². The predicted molar refractivity (Wildman–Crippen MR) is 115 cm³/mol. The molecule has 158 valence electrons. The number of halogens is 2. The first-order valence-electron chi connectivity index (χ1n) is 9.32. The van der Waals surface area contributed by atoms with Gasteiger partial charge in [-0.2, -0.15) is 0 Å². The van der Waals surface area contributed by atoms with E-state index in [2.05, 4.69) is 20.5 Å². The molecule has 0 unspecified atom stereocenters. The van der Waals surface area contributed by atoms with E-state index < -0.39 is 11.7 Å². The summed E-state index contributed by atoms with van der Waals surface area (Å²) in [4.78, 5) is 16.9. The number of nitrogens with zero attached hydrogens (tertiary/aromatic N) is 2. The molecule has 1 amide bonds. The predicted octanol–water partition coefficient (Wildman–Crippen LogP) is 4.90. The lowest BCUT2D eigenvalue weighted by Gasteiger charge is -2.13. The van der Waals surface area contributed by atoms with Gasteiger partial charge in [0.2, 0.25) is 5.88 Å². The summed E-state index contributed by atoms with van der Waals surface area (Å²) in [6.45, 7) is 2.22. The quantitative estimate of drug-likeness (QED) is 0.445. The second-order valence-corrected chi connectivity index (χ2v) is 7.19. The van der Waals surface area contributed by atoms with Crippen molar-refractivity contribution in [2.75, 3.05) is 12.4 Å². The van der Waals surface area contributed by atoms with Crippen LogP contribution in [0.5, 0.6) is 11.6 Å². The Morgan fingerprint density at radius 1 is 1.23 bits per heavy atom. The average molecular weight is 441 g/mol. The fourth-order valence-corrected chi connectivity index (χ4v) is 3.29. The number of hydrogen-bond donors (Lipinski definition) is 2. The highest BCUT2D eigenvalue weighted by atomic mass is 35.5. The van der Waals surface area contributed by atoms with Crippen molar-refractivity contribution >= 4 is 34.2 Å². The second-order valence-electron chi connectivity index (χ2n) is 6.82. The van der Waals surface area contributed by atoms with Crippen molar-refractivity contribution in [3.8, 4) is 11.6 Å². The van der Waals surface area contributed by atoms with Crippen LogP contribution in [0.25, 0.3) is 11.0 Å². The van der Waals surface area contributed by atoms with Gasteiger partial charge in [0.25, 0.3) is 5.91 Å². The van der Waals surface area contributed by atoms with E-state index in [0.29, 0.717) is 22.6 Å². The summed E-state index contributed by atoms with van der Waals surface area (Å²) in [5.74, 6) is -0.958. The van der Waals surface area contributed by atoms with Gasteiger partial charge >= 0.3 is 0 Å². The summed E-state index contributed by atoms with van der Waals surface area (Å²) < 4.78 is 25.3. The van der Waals surface area contributed by atoms with Gasteiger partial charge in [0.05, 0.1) is 35.0 Å². The third-order valence-electron chi connectivity index (χ3n) is 4.63. The minimum absolute atomic E-state index is 0.112. The van der Waals surface area contributed by atoms with Gasteiger partial charge < -0.3 is 14.8 Å². The number of fused-ring (bicyclic) bond motifs is 1. The number of carbonyl (C=O) groups excluding carboxylic acids is 1. The molecule has 2 aromatic carbocycles. The van der Waals surface area contributed by atoms with Crippen LogP contribution in [-0.2, 0) is 6.61 Å². The van der Waals surface area contributed by atoms with Crippen molar-refractivity contribution in [2.45, 2.75) is 13.5 Å². The maximum Gasteiger partial charge on any atom is 0.260 e. The molecule has 4 aromatic rings. The van der Waals surface area contributed by atoms with E-state index >= 15 is 0 Å². The highest BCUT2D eigenvalue weighted by molar-refractivity contribution is 6.35. The van der Waals surface area contributed by atoms with E-state index in [1.807, 2.05) is 31.2 Å². The Balaban J connectivity index is 1.56. The zero-order chi connectivity index (χ0) is 22.0. The normalized spacial score (nSPS) is 10.8. The number of aryl methyl sites for hydroxylation is 1. The van der Waals surface area contributed by atoms with Crippen LogP contribution in [0.3, 0.4) is 0 Å². The van der Waals surface area contributed by atoms with Crippen LogP contribution in [-0.4, -0.2) is 28.2 Å². The Morgan fingerprint density at radius 2 is 2.00 bits per heavy atom. The molecule has 0 saturated heterocycles. The van der Waals surface area contributed by atoms with Gasteiger partial charge in [-0.1, -0.05) is 41.4 Å². The number of hydrogen-bond acceptors (Lipinski definition) is 5. The van der Waals surface area contributed by atoms with Crippen molar-refractivity contribution in [1.82, 2.24) is 15.2 Å². The minimum atomic E-state index is -0.764. The first kappa shape index (κ1) is 20.6. The number of ether oxygens (including phenoxy) is 2. The summed E-state index contributed by atoms with van der Waals surface area (Å²) in [7, 11) is 1.47. The lowest BCUT2D eigenvalue weighted by Crippen LogP contribution is -2.15. The molecule has 2 N–H and O–H groups in total. The van der Waals surface area contributed by atoms with Gasteiger partial charge in [0, 0.05) is 0 Å². The summed E-state index contributed by atoms with van der Waals surface area (Å²) in [5.41, 5.74) is 2.56. The molecule has 0 bridgehead atoms. The molecule has 31 heavy (non-hydrogen) atoms. The van der Waals surface area contributed by atoms with E-state index in [4.69, 9.17) is 21.1 Å². The lowest BCUT2D eigenvalue weighted by atomic mass is 10.1. The lowest BCUT2D eigenvalue weighted by molar-refractivity contribution is 0.102. The molecule has 9 heteroatoms. The maximum absolute atomic E-state index is 14.5. The van der Waals surface area contributed by atoms with E-state index in [0.717, 1.165) is 17.2 Å². The van der Waals surface area contributed by atoms with Crippen LogP contribution >= 0.6 is 11.6 Å². The zero-order valence-electron chi connectivity index (χ0n) is 16.7. The molecule has 0 atom stereocenters. The Hall–Kier alpha value is -3.65. The molecular weight excluding hydrogens is 423 g/mol. The number of carbonyl (C=O) groups is 1. The van der Waals surface area contributed by atoms with Gasteiger partial charge in [0.15, 0.2) is 5.65 Å². The number of benzene rings is 2. The van der Waals surface area contributed by atoms with Crippen LogP contribution in [0.2, 0.25) is 5.02 Å². The molecule has 7 nitrogen and oxygen atoms in total. The summed E-state index contributed by atoms with van der Waals surface area (Å²) in [6, 6.07) is 11.9. The monoisotopic (exact) mass is 440 g/mol. The number of nitrogens with one attached hydrogen (secondary N) is 2. The number of anilines is 1. The van der Waals surface area contributed by atoms with Gasteiger partial charge in [0.1, 0.15) is 18.2 Å². The van der Waals surface area contributed by atoms with Crippen molar-refractivity contribution in [2.24, 2.45) is 0 Å². The molecule has 0 saturated carbocycles. The van der Waals surface area contributed by atoms with Crippen LogP contribution in [0.1, 0.15) is 21.5 Å². The van der Waals surface area contributed by atoms with Crippen molar-refractivity contribution < 1.29 is 18.7 Å². The van der Waals surface area contributed by atoms with Crippen molar-refractivity contribution in [3.05, 3.63) is 76.2 Å². The van der Waals surface area contributed by atoms with E-state index in [1.165, 1.54) is 19.4 Å². The Labute approximate surface area is 182 Å². The highest BCUT2D eigenvalue weighted by Gasteiger charge is 2.21. The Bertz CT molecular complexity index is 1260. The average Bonchev–Trinajstić information content (AvgIpc) is 3.17. The Morgan fingerprint density at radius 3 is 2.74 bits per heavy atom. The number of methoxy groups -OCH3 is 1.